The fraction of sp³-hybridized carbons (Fsp3) is 0.400. The Balaban J connectivity index is 2.53. The van der Waals surface area contributed by atoms with E-state index in [1.165, 1.54) is 0 Å². The van der Waals surface area contributed by atoms with Gasteiger partial charge in [-0.2, -0.15) is 0 Å². The molecule has 0 radical (unpaired) electrons. The highest BCUT2D eigenvalue weighted by molar-refractivity contribution is 5.26. The van der Waals surface area contributed by atoms with Crippen LogP contribution in [0.25, 0.3) is 0 Å². The Hall–Kier alpha value is -1.06. The Morgan fingerprint density at radius 1 is 1.38 bits per heavy atom. The number of phenolic OH excluding ortho intramolecular Hbond substituents is 1. The van der Waals surface area contributed by atoms with E-state index in [4.69, 9.17) is 5.11 Å². The third-order valence-corrected chi connectivity index (χ3v) is 1.84. The maximum atomic E-state index is 9.19. The van der Waals surface area contributed by atoms with Gasteiger partial charge in [-0.15, -0.1) is 0 Å². The van der Waals surface area contributed by atoms with Gasteiger partial charge in [0, 0.05) is 13.1 Å². The van der Waals surface area contributed by atoms with Crippen LogP contribution >= 0.6 is 0 Å². The van der Waals surface area contributed by atoms with Gasteiger partial charge in [-0.3, -0.25) is 4.90 Å². The molecule has 0 unspecified atom stereocenters. The summed E-state index contributed by atoms with van der Waals surface area (Å²) in [5.41, 5.74) is 1.05. The topological polar surface area (TPSA) is 43.7 Å². The summed E-state index contributed by atoms with van der Waals surface area (Å²) in [7, 11) is 1.93. The van der Waals surface area contributed by atoms with E-state index in [1.807, 2.05) is 24.1 Å². The Morgan fingerprint density at radius 3 is 2.77 bits per heavy atom. The van der Waals surface area contributed by atoms with Crippen LogP contribution in [-0.4, -0.2) is 35.3 Å². The Morgan fingerprint density at radius 2 is 2.15 bits per heavy atom. The minimum absolute atomic E-state index is 0.162. The van der Waals surface area contributed by atoms with E-state index in [2.05, 4.69) is 0 Å². The van der Waals surface area contributed by atoms with Crippen molar-refractivity contribution in [2.24, 2.45) is 0 Å². The first kappa shape index (κ1) is 10.0. The van der Waals surface area contributed by atoms with Gasteiger partial charge in [-0.05, 0) is 24.7 Å². The summed E-state index contributed by atoms with van der Waals surface area (Å²) in [5.74, 6) is 0.287. The molecule has 1 aromatic carbocycles. The number of hydrogen-bond acceptors (Lipinski definition) is 3. The van der Waals surface area contributed by atoms with E-state index in [0.29, 0.717) is 6.54 Å². The van der Waals surface area contributed by atoms with E-state index < -0.39 is 0 Å². The molecule has 3 nitrogen and oxygen atoms in total. The van der Waals surface area contributed by atoms with Crippen LogP contribution in [0.4, 0.5) is 0 Å². The second kappa shape index (κ2) is 4.84. The Bertz CT molecular complexity index is 263. The molecular weight excluding hydrogens is 166 g/mol. The molecule has 3 heteroatoms. The molecule has 72 valence electrons. The van der Waals surface area contributed by atoms with Crippen molar-refractivity contribution in [1.82, 2.24) is 4.90 Å². The standard InChI is InChI=1S/C10H15NO2/c1-11(5-6-12)8-9-3-2-4-10(13)7-9/h2-4,7,12-13H,5-6,8H2,1H3. The normalized spacial score (nSPS) is 10.7. The van der Waals surface area contributed by atoms with E-state index in [0.717, 1.165) is 12.1 Å². The average Bonchev–Trinajstić information content (AvgIpc) is 2.04. The van der Waals surface area contributed by atoms with E-state index in [1.54, 1.807) is 12.1 Å². The zero-order chi connectivity index (χ0) is 9.68. The number of aliphatic hydroxyl groups is 1. The first-order chi connectivity index (χ1) is 6.22. The average molecular weight is 181 g/mol. The zero-order valence-corrected chi connectivity index (χ0v) is 7.77. The molecule has 0 aliphatic heterocycles. The fourth-order valence-electron chi connectivity index (χ4n) is 1.22. The van der Waals surface area contributed by atoms with Crippen LogP contribution in [0.15, 0.2) is 24.3 Å². The third-order valence-electron chi connectivity index (χ3n) is 1.84. The van der Waals surface area contributed by atoms with E-state index in [9.17, 15) is 5.11 Å². The molecule has 0 saturated heterocycles. The summed E-state index contributed by atoms with van der Waals surface area (Å²) >= 11 is 0. The molecule has 0 amide bonds. The summed E-state index contributed by atoms with van der Waals surface area (Å²) in [4.78, 5) is 1.99. The SMILES string of the molecule is CN(CCO)Cc1cccc(O)c1. The Kier molecular flexibility index (Phi) is 3.73. The molecule has 0 saturated carbocycles. The molecule has 0 atom stereocenters. The van der Waals surface area contributed by atoms with Crippen molar-refractivity contribution in [1.29, 1.82) is 0 Å². The minimum Gasteiger partial charge on any atom is -0.508 e. The van der Waals surface area contributed by atoms with Crippen LogP contribution in [0.5, 0.6) is 5.75 Å². The van der Waals surface area contributed by atoms with Crippen LogP contribution in [0.2, 0.25) is 0 Å². The number of benzene rings is 1. The second-order valence-electron chi connectivity index (χ2n) is 3.13. The van der Waals surface area contributed by atoms with Crippen molar-refractivity contribution < 1.29 is 10.2 Å². The molecule has 0 aliphatic carbocycles. The molecule has 2 N–H and O–H groups in total. The van der Waals surface area contributed by atoms with Gasteiger partial charge >= 0.3 is 0 Å². The number of hydrogen-bond donors (Lipinski definition) is 2. The fourth-order valence-corrected chi connectivity index (χ4v) is 1.22. The lowest BCUT2D eigenvalue weighted by molar-refractivity contribution is 0.217. The lowest BCUT2D eigenvalue weighted by Crippen LogP contribution is -2.21. The summed E-state index contributed by atoms with van der Waals surface area (Å²) in [5, 5.41) is 17.9. The smallest absolute Gasteiger partial charge is 0.115 e. The molecule has 1 aromatic rings. The molecular formula is C10H15NO2. The molecule has 0 aliphatic rings. The van der Waals surface area contributed by atoms with Crippen molar-refractivity contribution in [2.45, 2.75) is 6.54 Å². The van der Waals surface area contributed by atoms with Gasteiger partial charge in [-0.25, -0.2) is 0 Å². The summed E-state index contributed by atoms with van der Waals surface area (Å²) in [6.45, 7) is 1.56. The predicted octanol–water partition coefficient (Wildman–Crippen LogP) is 0.816. The zero-order valence-electron chi connectivity index (χ0n) is 7.77. The number of aliphatic hydroxyl groups excluding tert-OH is 1. The van der Waals surface area contributed by atoms with Gasteiger partial charge in [0.05, 0.1) is 6.61 Å². The van der Waals surface area contributed by atoms with E-state index in [-0.39, 0.29) is 12.4 Å². The van der Waals surface area contributed by atoms with Gasteiger partial charge in [0.25, 0.3) is 0 Å². The van der Waals surface area contributed by atoms with Gasteiger partial charge in [0.15, 0.2) is 0 Å². The Labute approximate surface area is 78.2 Å². The predicted molar refractivity (Wildman–Crippen MR) is 51.5 cm³/mol. The minimum atomic E-state index is 0.162. The highest BCUT2D eigenvalue weighted by Gasteiger charge is 1.99. The number of rotatable bonds is 4. The maximum absolute atomic E-state index is 9.19. The largest absolute Gasteiger partial charge is 0.508 e. The lowest BCUT2D eigenvalue weighted by Gasteiger charge is -2.14. The lowest BCUT2D eigenvalue weighted by atomic mass is 10.2. The molecule has 1 rings (SSSR count). The highest BCUT2D eigenvalue weighted by Crippen LogP contribution is 2.11. The molecule has 0 spiro atoms. The number of phenols is 1. The molecule has 0 fully saturated rings. The number of aromatic hydroxyl groups is 1. The van der Waals surface area contributed by atoms with E-state index >= 15 is 0 Å². The van der Waals surface area contributed by atoms with Crippen LogP contribution in [0, 0.1) is 0 Å². The highest BCUT2D eigenvalue weighted by atomic mass is 16.3. The van der Waals surface area contributed by atoms with Gasteiger partial charge in [0.2, 0.25) is 0 Å². The van der Waals surface area contributed by atoms with Crippen molar-refractivity contribution >= 4 is 0 Å². The second-order valence-corrected chi connectivity index (χ2v) is 3.13. The van der Waals surface area contributed by atoms with Gasteiger partial charge in [-0.1, -0.05) is 12.1 Å². The van der Waals surface area contributed by atoms with Crippen LogP contribution in [0.3, 0.4) is 0 Å². The quantitative estimate of drug-likeness (QED) is 0.722. The van der Waals surface area contributed by atoms with Crippen LogP contribution in [0.1, 0.15) is 5.56 Å². The molecule has 0 heterocycles. The number of nitrogens with zero attached hydrogens (tertiary/aromatic N) is 1. The number of likely N-dealkylation sites (N-methyl/N-ethyl adjacent to an activating group) is 1. The molecule has 13 heavy (non-hydrogen) atoms. The summed E-state index contributed by atoms with van der Waals surface area (Å²) in [6, 6.07) is 7.15. The summed E-state index contributed by atoms with van der Waals surface area (Å²) < 4.78 is 0. The monoisotopic (exact) mass is 181 g/mol. The van der Waals surface area contributed by atoms with Crippen molar-refractivity contribution in [3.63, 3.8) is 0 Å². The third kappa shape index (κ3) is 3.44. The molecule has 0 bridgehead atoms. The maximum Gasteiger partial charge on any atom is 0.115 e. The molecule has 0 aromatic heterocycles. The van der Waals surface area contributed by atoms with Gasteiger partial charge in [0.1, 0.15) is 5.75 Å². The van der Waals surface area contributed by atoms with Crippen LogP contribution in [-0.2, 0) is 6.54 Å². The van der Waals surface area contributed by atoms with Crippen molar-refractivity contribution in [2.75, 3.05) is 20.2 Å². The summed E-state index contributed by atoms with van der Waals surface area (Å²) in [6.07, 6.45) is 0. The van der Waals surface area contributed by atoms with Crippen molar-refractivity contribution in [3.8, 4) is 5.75 Å². The first-order valence-corrected chi connectivity index (χ1v) is 4.29. The van der Waals surface area contributed by atoms with Crippen molar-refractivity contribution in [3.05, 3.63) is 29.8 Å². The van der Waals surface area contributed by atoms with Gasteiger partial charge < -0.3 is 10.2 Å². The van der Waals surface area contributed by atoms with Crippen LogP contribution < -0.4 is 0 Å². The first-order valence-electron chi connectivity index (χ1n) is 4.29.